The number of likely N-dealkylation sites (tertiary alicyclic amines) is 1. The van der Waals surface area contributed by atoms with Gasteiger partial charge in [0.2, 0.25) is 0 Å². The van der Waals surface area contributed by atoms with Crippen LogP contribution in [-0.2, 0) is 0 Å². The van der Waals surface area contributed by atoms with Crippen molar-refractivity contribution < 1.29 is 0 Å². The van der Waals surface area contributed by atoms with Crippen LogP contribution in [0.25, 0.3) is 10.9 Å². The van der Waals surface area contributed by atoms with Gasteiger partial charge in [-0.1, -0.05) is 12.1 Å². The SMILES string of the molecule is Cc1nc2ccccc2c(=O)n1NC(=S)N1CCCC1. The third-order valence-electron chi connectivity index (χ3n) is 3.54. The zero-order valence-corrected chi connectivity index (χ0v) is 12.1. The van der Waals surface area contributed by atoms with E-state index in [0.717, 1.165) is 25.9 Å². The summed E-state index contributed by atoms with van der Waals surface area (Å²) in [6.07, 6.45) is 2.29. The smallest absolute Gasteiger partial charge is 0.280 e. The van der Waals surface area contributed by atoms with Crippen LogP contribution in [0.1, 0.15) is 18.7 Å². The van der Waals surface area contributed by atoms with Gasteiger partial charge in [0.15, 0.2) is 5.11 Å². The van der Waals surface area contributed by atoms with Gasteiger partial charge in [0.05, 0.1) is 10.9 Å². The fourth-order valence-electron chi connectivity index (χ4n) is 2.46. The number of hydrogen-bond donors (Lipinski definition) is 1. The molecule has 0 amide bonds. The molecule has 1 saturated heterocycles. The van der Waals surface area contributed by atoms with Crippen molar-refractivity contribution in [3.05, 3.63) is 40.4 Å². The van der Waals surface area contributed by atoms with Crippen LogP contribution < -0.4 is 11.0 Å². The largest absolute Gasteiger partial charge is 0.348 e. The van der Waals surface area contributed by atoms with Crippen molar-refractivity contribution in [3.63, 3.8) is 0 Å². The van der Waals surface area contributed by atoms with Gasteiger partial charge >= 0.3 is 0 Å². The number of aromatic nitrogens is 2. The third-order valence-corrected chi connectivity index (χ3v) is 3.89. The summed E-state index contributed by atoms with van der Waals surface area (Å²) in [7, 11) is 0. The molecule has 0 spiro atoms. The van der Waals surface area contributed by atoms with E-state index in [1.807, 2.05) is 18.2 Å². The molecule has 0 atom stereocenters. The first-order valence-electron chi connectivity index (χ1n) is 6.71. The Morgan fingerprint density at radius 1 is 1.30 bits per heavy atom. The molecule has 1 fully saturated rings. The second-order valence-electron chi connectivity index (χ2n) is 4.93. The standard InChI is InChI=1S/C14H16N4OS/c1-10-15-12-7-3-2-6-11(12)13(19)18(10)16-14(20)17-8-4-5-9-17/h2-3,6-7H,4-5,8-9H2,1H3,(H,16,20). The molecule has 2 aromatic rings. The second kappa shape index (κ2) is 5.20. The van der Waals surface area contributed by atoms with Crippen LogP contribution in [0, 0.1) is 6.92 Å². The molecule has 0 aliphatic carbocycles. The Kier molecular flexibility index (Phi) is 3.40. The van der Waals surface area contributed by atoms with Gasteiger partial charge in [-0.3, -0.25) is 10.2 Å². The van der Waals surface area contributed by atoms with Gasteiger partial charge in [-0.25, -0.2) is 9.66 Å². The van der Waals surface area contributed by atoms with Crippen molar-refractivity contribution in [2.45, 2.75) is 19.8 Å². The van der Waals surface area contributed by atoms with Gasteiger partial charge in [0.1, 0.15) is 5.82 Å². The molecule has 0 saturated carbocycles. The van der Waals surface area contributed by atoms with Crippen molar-refractivity contribution in [3.8, 4) is 0 Å². The van der Waals surface area contributed by atoms with Crippen LogP contribution in [0.2, 0.25) is 0 Å². The van der Waals surface area contributed by atoms with Crippen molar-refractivity contribution in [1.29, 1.82) is 0 Å². The average molecular weight is 288 g/mol. The number of nitrogens with zero attached hydrogens (tertiary/aromatic N) is 3. The first kappa shape index (κ1) is 13.1. The highest BCUT2D eigenvalue weighted by molar-refractivity contribution is 7.80. The number of fused-ring (bicyclic) bond motifs is 1. The number of benzene rings is 1. The summed E-state index contributed by atoms with van der Waals surface area (Å²) in [6.45, 7) is 3.69. The molecule has 1 aliphatic heterocycles. The summed E-state index contributed by atoms with van der Waals surface area (Å²) in [4.78, 5) is 19.0. The summed E-state index contributed by atoms with van der Waals surface area (Å²) >= 11 is 5.37. The van der Waals surface area contributed by atoms with E-state index in [4.69, 9.17) is 12.2 Å². The molecule has 1 aromatic carbocycles. The zero-order valence-electron chi connectivity index (χ0n) is 11.3. The van der Waals surface area contributed by atoms with Crippen LogP contribution in [0.15, 0.2) is 29.1 Å². The van der Waals surface area contributed by atoms with E-state index in [0.29, 0.717) is 21.8 Å². The Balaban J connectivity index is 1.98. The molecule has 6 heteroatoms. The van der Waals surface area contributed by atoms with Gasteiger partial charge in [0.25, 0.3) is 5.56 Å². The molecule has 0 radical (unpaired) electrons. The lowest BCUT2D eigenvalue weighted by molar-refractivity contribution is 0.520. The van der Waals surface area contributed by atoms with Crippen LogP contribution in [-0.4, -0.2) is 32.8 Å². The molecule has 104 valence electrons. The fourth-order valence-corrected chi connectivity index (χ4v) is 2.74. The molecule has 0 bridgehead atoms. The van der Waals surface area contributed by atoms with Crippen molar-refractivity contribution >= 4 is 28.2 Å². The topological polar surface area (TPSA) is 50.2 Å². The number of nitrogens with one attached hydrogen (secondary N) is 1. The normalized spacial score (nSPS) is 14.8. The maximum Gasteiger partial charge on any atom is 0.280 e. The number of para-hydroxylation sites is 1. The Bertz CT molecular complexity index is 719. The lowest BCUT2D eigenvalue weighted by Crippen LogP contribution is -2.42. The van der Waals surface area contributed by atoms with Crippen molar-refractivity contribution in [2.24, 2.45) is 0 Å². The minimum absolute atomic E-state index is 0.116. The summed E-state index contributed by atoms with van der Waals surface area (Å²) in [6, 6.07) is 7.33. The molecule has 0 unspecified atom stereocenters. The zero-order chi connectivity index (χ0) is 14.1. The Morgan fingerprint density at radius 2 is 2.00 bits per heavy atom. The van der Waals surface area contributed by atoms with E-state index in [1.54, 1.807) is 13.0 Å². The van der Waals surface area contributed by atoms with Gasteiger partial charge in [-0.15, -0.1) is 0 Å². The van der Waals surface area contributed by atoms with E-state index in [2.05, 4.69) is 15.3 Å². The molecule has 3 rings (SSSR count). The first-order valence-corrected chi connectivity index (χ1v) is 7.12. The van der Waals surface area contributed by atoms with Gasteiger partial charge < -0.3 is 4.90 Å². The Morgan fingerprint density at radius 3 is 2.75 bits per heavy atom. The number of thiocarbonyl (C=S) groups is 1. The third kappa shape index (κ3) is 2.27. The first-order chi connectivity index (χ1) is 9.66. The minimum atomic E-state index is -0.116. The molecule has 1 N–H and O–H groups in total. The molecule has 5 nitrogen and oxygen atoms in total. The second-order valence-corrected chi connectivity index (χ2v) is 5.31. The maximum absolute atomic E-state index is 12.5. The van der Waals surface area contributed by atoms with E-state index in [-0.39, 0.29) is 5.56 Å². The Labute approximate surface area is 122 Å². The summed E-state index contributed by atoms with van der Waals surface area (Å²) in [5.74, 6) is 0.607. The highest BCUT2D eigenvalue weighted by Crippen LogP contribution is 2.09. The molecule has 1 aromatic heterocycles. The van der Waals surface area contributed by atoms with Crippen molar-refractivity contribution in [1.82, 2.24) is 14.6 Å². The molecular formula is C14H16N4OS. The molecule has 1 aliphatic rings. The van der Waals surface area contributed by atoms with E-state index in [9.17, 15) is 4.79 Å². The summed E-state index contributed by atoms with van der Waals surface area (Å²) in [5, 5.41) is 1.18. The lowest BCUT2D eigenvalue weighted by Gasteiger charge is -2.21. The number of hydrogen-bond acceptors (Lipinski definition) is 3. The van der Waals surface area contributed by atoms with Gasteiger partial charge in [-0.2, -0.15) is 0 Å². The number of aryl methyl sites for hydroxylation is 1. The van der Waals surface area contributed by atoms with Crippen LogP contribution in [0.4, 0.5) is 0 Å². The van der Waals surface area contributed by atoms with Crippen molar-refractivity contribution in [2.75, 3.05) is 18.5 Å². The lowest BCUT2D eigenvalue weighted by atomic mass is 10.2. The molecule has 20 heavy (non-hydrogen) atoms. The van der Waals surface area contributed by atoms with Crippen LogP contribution >= 0.6 is 12.2 Å². The highest BCUT2D eigenvalue weighted by atomic mass is 32.1. The van der Waals surface area contributed by atoms with Gasteiger partial charge in [0, 0.05) is 13.1 Å². The van der Waals surface area contributed by atoms with Crippen LogP contribution in [0.3, 0.4) is 0 Å². The summed E-state index contributed by atoms with van der Waals surface area (Å²) in [5.41, 5.74) is 3.60. The van der Waals surface area contributed by atoms with E-state index < -0.39 is 0 Å². The van der Waals surface area contributed by atoms with Crippen LogP contribution in [0.5, 0.6) is 0 Å². The predicted molar refractivity (Wildman–Crippen MR) is 83.5 cm³/mol. The fraction of sp³-hybridized carbons (Fsp3) is 0.357. The highest BCUT2D eigenvalue weighted by Gasteiger charge is 2.16. The predicted octanol–water partition coefficient (Wildman–Crippen LogP) is 1.63. The average Bonchev–Trinajstić information content (AvgIpc) is 2.97. The summed E-state index contributed by atoms with van der Waals surface area (Å²) < 4.78 is 1.43. The minimum Gasteiger partial charge on any atom is -0.348 e. The van der Waals surface area contributed by atoms with E-state index >= 15 is 0 Å². The molecule has 2 heterocycles. The Hall–Kier alpha value is -1.95. The van der Waals surface area contributed by atoms with Gasteiger partial charge in [-0.05, 0) is 44.1 Å². The molecular weight excluding hydrogens is 272 g/mol. The van der Waals surface area contributed by atoms with E-state index in [1.165, 1.54) is 4.68 Å². The quantitative estimate of drug-likeness (QED) is 0.808. The maximum atomic E-state index is 12.5. The monoisotopic (exact) mass is 288 g/mol. The number of rotatable bonds is 1.